The van der Waals surface area contributed by atoms with E-state index in [4.69, 9.17) is 21.1 Å². The third-order valence-corrected chi connectivity index (χ3v) is 4.62. The van der Waals surface area contributed by atoms with Gasteiger partial charge >= 0.3 is 0 Å². The first-order valence-corrected chi connectivity index (χ1v) is 8.27. The SMILES string of the molecule is Clc1cccc(N2CCN(Cc3ccc4c(c3)OCO4)CC2)c1. The number of hydrogen-bond acceptors (Lipinski definition) is 4. The molecule has 4 nitrogen and oxygen atoms in total. The van der Waals surface area contributed by atoms with Crippen molar-refractivity contribution < 1.29 is 9.47 Å². The van der Waals surface area contributed by atoms with Crippen molar-refractivity contribution in [2.24, 2.45) is 0 Å². The lowest BCUT2D eigenvalue weighted by molar-refractivity contribution is 0.174. The molecular formula is C18H19ClN2O2. The molecule has 1 saturated heterocycles. The van der Waals surface area contributed by atoms with E-state index < -0.39 is 0 Å². The van der Waals surface area contributed by atoms with Gasteiger partial charge in [0.05, 0.1) is 0 Å². The van der Waals surface area contributed by atoms with Crippen LogP contribution in [0.15, 0.2) is 42.5 Å². The molecule has 1 fully saturated rings. The highest BCUT2D eigenvalue weighted by atomic mass is 35.5. The fourth-order valence-corrected chi connectivity index (χ4v) is 3.32. The molecule has 0 N–H and O–H groups in total. The summed E-state index contributed by atoms with van der Waals surface area (Å²) in [7, 11) is 0. The Morgan fingerprint density at radius 2 is 1.74 bits per heavy atom. The molecule has 2 heterocycles. The smallest absolute Gasteiger partial charge is 0.231 e. The number of halogens is 1. The zero-order valence-corrected chi connectivity index (χ0v) is 13.6. The number of ether oxygens (including phenoxy) is 2. The van der Waals surface area contributed by atoms with Gasteiger partial charge in [0.1, 0.15) is 0 Å². The highest BCUT2D eigenvalue weighted by Crippen LogP contribution is 2.33. The topological polar surface area (TPSA) is 24.9 Å². The van der Waals surface area contributed by atoms with Crippen molar-refractivity contribution in [3.8, 4) is 11.5 Å². The molecule has 0 radical (unpaired) electrons. The summed E-state index contributed by atoms with van der Waals surface area (Å²) in [6.07, 6.45) is 0. The van der Waals surface area contributed by atoms with Gasteiger partial charge in [0.25, 0.3) is 0 Å². The van der Waals surface area contributed by atoms with Crippen molar-refractivity contribution in [2.75, 3.05) is 37.9 Å². The van der Waals surface area contributed by atoms with Crippen molar-refractivity contribution in [2.45, 2.75) is 6.54 Å². The van der Waals surface area contributed by atoms with Gasteiger partial charge in [0, 0.05) is 43.4 Å². The number of hydrogen-bond donors (Lipinski definition) is 0. The first-order valence-electron chi connectivity index (χ1n) is 7.89. The molecule has 0 atom stereocenters. The summed E-state index contributed by atoms with van der Waals surface area (Å²) in [5, 5.41) is 0.797. The third-order valence-electron chi connectivity index (χ3n) is 4.39. The van der Waals surface area contributed by atoms with Crippen molar-refractivity contribution in [1.29, 1.82) is 0 Å². The number of nitrogens with zero attached hydrogens (tertiary/aromatic N) is 2. The van der Waals surface area contributed by atoms with Crippen molar-refractivity contribution in [3.63, 3.8) is 0 Å². The largest absolute Gasteiger partial charge is 0.454 e. The van der Waals surface area contributed by atoms with Gasteiger partial charge in [-0.25, -0.2) is 0 Å². The summed E-state index contributed by atoms with van der Waals surface area (Å²) in [6.45, 7) is 5.40. The van der Waals surface area contributed by atoms with Crippen LogP contribution in [0.25, 0.3) is 0 Å². The lowest BCUT2D eigenvalue weighted by Crippen LogP contribution is -2.45. The molecule has 0 spiro atoms. The molecule has 0 aromatic heterocycles. The molecule has 0 unspecified atom stereocenters. The summed E-state index contributed by atoms with van der Waals surface area (Å²) < 4.78 is 10.8. The molecule has 2 aromatic rings. The van der Waals surface area contributed by atoms with Crippen LogP contribution in [0.4, 0.5) is 5.69 Å². The van der Waals surface area contributed by atoms with Gasteiger partial charge < -0.3 is 14.4 Å². The van der Waals surface area contributed by atoms with Crippen LogP contribution in [0.3, 0.4) is 0 Å². The minimum atomic E-state index is 0.330. The summed E-state index contributed by atoms with van der Waals surface area (Å²) in [6, 6.07) is 14.3. The van der Waals surface area contributed by atoms with Gasteiger partial charge in [-0.2, -0.15) is 0 Å². The minimum Gasteiger partial charge on any atom is -0.454 e. The Morgan fingerprint density at radius 3 is 2.57 bits per heavy atom. The monoisotopic (exact) mass is 330 g/mol. The number of rotatable bonds is 3. The van der Waals surface area contributed by atoms with Crippen molar-refractivity contribution in [3.05, 3.63) is 53.1 Å². The standard InChI is InChI=1S/C18H19ClN2O2/c19-15-2-1-3-16(11-15)21-8-6-20(7-9-21)12-14-4-5-17-18(10-14)23-13-22-17/h1-5,10-11H,6-9,12-13H2. The Morgan fingerprint density at radius 1 is 0.913 bits per heavy atom. The van der Waals surface area contributed by atoms with Crippen LogP contribution >= 0.6 is 11.6 Å². The predicted octanol–water partition coefficient (Wildman–Crippen LogP) is 3.39. The Bertz CT molecular complexity index is 699. The number of anilines is 1. The van der Waals surface area contributed by atoms with E-state index in [9.17, 15) is 0 Å². The van der Waals surface area contributed by atoms with Gasteiger partial charge in [0.2, 0.25) is 6.79 Å². The van der Waals surface area contributed by atoms with Crippen LogP contribution in [0.2, 0.25) is 5.02 Å². The van der Waals surface area contributed by atoms with Crippen LogP contribution in [0.1, 0.15) is 5.56 Å². The van der Waals surface area contributed by atoms with E-state index in [0.717, 1.165) is 49.2 Å². The van der Waals surface area contributed by atoms with Crippen molar-refractivity contribution in [1.82, 2.24) is 4.90 Å². The number of piperazine rings is 1. The van der Waals surface area contributed by atoms with Crippen LogP contribution in [-0.4, -0.2) is 37.9 Å². The maximum absolute atomic E-state index is 6.09. The highest BCUT2D eigenvalue weighted by Gasteiger charge is 2.19. The second-order valence-corrected chi connectivity index (χ2v) is 6.37. The number of benzene rings is 2. The summed E-state index contributed by atoms with van der Waals surface area (Å²) in [4.78, 5) is 4.86. The molecule has 0 saturated carbocycles. The van der Waals surface area contributed by atoms with Gasteiger partial charge in [-0.15, -0.1) is 0 Å². The fourth-order valence-electron chi connectivity index (χ4n) is 3.13. The first-order chi connectivity index (χ1) is 11.3. The minimum absolute atomic E-state index is 0.330. The zero-order valence-electron chi connectivity index (χ0n) is 12.9. The lowest BCUT2D eigenvalue weighted by atomic mass is 10.1. The van der Waals surface area contributed by atoms with E-state index in [-0.39, 0.29) is 0 Å². The van der Waals surface area contributed by atoms with E-state index in [1.807, 2.05) is 24.3 Å². The molecule has 5 heteroatoms. The molecule has 0 aliphatic carbocycles. The Hall–Kier alpha value is -1.91. The molecular weight excluding hydrogens is 312 g/mol. The molecule has 0 bridgehead atoms. The predicted molar refractivity (Wildman–Crippen MR) is 91.5 cm³/mol. The highest BCUT2D eigenvalue weighted by molar-refractivity contribution is 6.30. The van der Waals surface area contributed by atoms with E-state index in [1.54, 1.807) is 0 Å². The maximum atomic E-state index is 6.09. The van der Waals surface area contributed by atoms with Crippen LogP contribution < -0.4 is 14.4 Å². The summed E-state index contributed by atoms with van der Waals surface area (Å²) in [5.41, 5.74) is 2.48. The molecule has 4 rings (SSSR count). The zero-order chi connectivity index (χ0) is 15.6. The van der Waals surface area contributed by atoms with E-state index >= 15 is 0 Å². The average molecular weight is 331 g/mol. The van der Waals surface area contributed by atoms with Gasteiger partial charge in [-0.1, -0.05) is 23.7 Å². The van der Waals surface area contributed by atoms with Crippen LogP contribution in [0.5, 0.6) is 11.5 Å². The first kappa shape index (κ1) is 14.7. The molecule has 2 aromatic carbocycles. The molecule has 23 heavy (non-hydrogen) atoms. The maximum Gasteiger partial charge on any atom is 0.231 e. The molecule has 2 aliphatic heterocycles. The van der Waals surface area contributed by atoms with Gasteiger partial charge in [-0.05, 0) is 35.9 Å². The fraction of sp³-hybridized carbons (Fsp3) is 0.333. The Kier molecular flexibility index (Phi) is 4.02. The van der Waals surface area contributed by atoms with E-state index in [2.05, 4.69) is 28.0 Å². The average Bonchev–Trinajstić information content (AvgIpc) is 3.03. The Balaban J connectivity index is 1.36. The molecule has 2 aliphatic rings. The van der Waals surface area contributed by atoms with Gasteiger partial charge in [-0.3, -0.25) is 4.90 Å². The third kappa shape index (κ3) is 3.23. The quantitative estimate of drug-likeness (QED) is 0.861. The summed E-state index contributed by atoms with van der Waals surface area (Å²) in [5.74, 6) is 1.71. The van der Waals surface area contributed by atoms with Gasteiger partial charge in [0.15, 0.2) is 11.5 Å². The second-order valence-electron chi connectivity index (χ2n) is 5.93. The second kappa shape index (κ2) is 6.30. The molecule has 120 valence electrons. The lowest BCUT2D eigenvalue weighted by Gasteiger charge is -2.36. The van der Waals surface area contributed by atoms with Crippen LogP contribution in [0, 0.1) is 0 Å². The van der Waals surface area contributed by atoms with Crippen molar-refractivity contribution >= 4 is 17.3 Å². The number of fused-ring (bicyclic) bond motifs is 1. The Labute approximate surface area is 141 Å². The van der Waals surface area contributed by atoms with E-state index in [1.165, 1.54) is 11.3 Å². The normalized spacial score (nSPS) is 17.5. The summed E-state index contributed by atoms with van der Waals surface area (Å²) >= 11 is 6.09. The van der Waals surface area contributed by atoms with Crippen LogP contribution in [-0.2, 0) is 6.54 Å². The van der Waals surface area contributed by atoms with E-state index in [0.29, 0.717) is 6.79 Å². The molecule has 0 amide bonds.